The van der Waals surface area contributed by atoms with E-state index < -0.39 is 0 Å². The van der Waals surface area contributed by atoms with Gasteiger partial charge in [-0.1, -0.05) is 158 Å². The Hall–Kier alpha value is -5.86. The highest BCUT2D eigenvalue weighted by molar-refractivity contribution is 6.69. The topological polar surface area (TPSA) is 3.24 Å². The lowest BCUT2D eigenvalue weighted by atomic mass is 9.57. The van der Waals surface area contributed by atoms with E-state index in [0.717, 1.165) is 0 Å². The van der Waals surface area contributed by atoms with Gasteiger partial charge in [-0.25, -0.2) is 0 Å². The molecule has 0 fully saturated rings. The Morgan fingerprint density at radius 2 is 0.891 bits per heavy atom. The fourth-order valence-electron chi connectivity index (χ4n) is 7.26. The van der Waals surface area contributed by atoms with E-state index in [0.29, 0.717) is 0 Å². The summed E-state index contributed by atoms with van der Waals surface area (Å²) in [7, 11) is 0. The summed E-state index contributed by atoms with van der Waals surface area (Å²) in [5, 5.41) is 7.61. The fourth-order valence-corrected chi connectivity index (χ4v) is 7.26. The number of rotatable bonds is 4. The first-order valence-electron chi connectivity index (χ1n) is 16.0. The quantitative estimate of drug-likeness (QED) is 0.147. The van der Waals surface area contributed by atoms with E-state index in [1.165, 1.54) is 77.0 Å². The van der Waals surface area contributed by atoms with Gasteiger partial charge in [-0.2, -0.15) is 0 Å². The van der Waals surface area contributed by atoms with Crippen molar-refractivity contribution in [3.05, 3.63) is 188 Å². The van der Waals surface area contributed by atoms with Crippen molar-refractivity contribution >= 4 is 44.9 Å². The summed E-state index contributed by atoms with van der Waals surface area (Å²) < 4.78 is 0. The van der Waals surface area contributed by atoms with E-state index >= 15 is 0 Å². The van der Waals surface area contributed by atoms with Crippen LogP contribution in [0.25, 0.3) is 71.4 Å². The molecule has 2 heterocycles. The summed E-state index contributed by atoms with van der Waals surface area (Å²) in [4.78, 5) is 2.33. The molecule has 0 aromatic heterocycles. The number of hydrogen-bond acceptors (Lipinski definition) is 1. The summed E-state index contributed by atoms with van der Waals surface area (Å²) >= 11 is 0. The number of nitrogens with zero attached hydrogens (tertiary/aromatic N) is 1. The van der Waals surface area contributed by atoms with E-state index in [1.807, 2.05) is 0 Å². The van der Waals surface area contributed by atoms with Gasteiger partial charge in [0.25, 0.3) is 0 Å². The van der Waals surface area contributed by atoms with E-state index in [1.54, 1.807) is 0 Å². The van der Waals surface area contributed by atoms with Gasteiger partial charge in [0.15, 0.2) is 0 Å². The molecule has 0 radical (unpaired) electrons. The molecule has 1 nitrogen and oxygen atoms in total. The van der Waals surface area contributed by atoms with Crippen molar-refractivity contribution in [1.82, 2.24) is 4.81 Å². The van der Waals surface area contributed by atoms with Crippen LogP contribution in [-0.2, 0) is 0 Å². The molecule has 0 aliphatic carbocycles. The van der Waals surface area contributed by atoms with Crippen molar-refractivity contribution in [2.24, 2.45) is 0 Å². The molecule has 0 spiro atoms. The molecular weight excluding hydrogens is 553 g/mol. The average molecular weight is 584 g/mol. The molecule has 0 saturated heterocycles. The Bertz CT molecular complexity index is 2350. The van der Waals surface area contributed by atoms with Gasteiger partial charge in [-0.3, -0.25) is 0 Å². The average Bonchev–Trinajstić information content (AvgIpc) is 3.13. The zero-order chi connectivity index (χ0) is 30.5. The number of benzene rings is 7. The molecule has 0 unspecified atom stereocenters. The molecule has 214 valence electrons. The number of hydrogen-bond donors (Lipinski definition) is 0. The van der Waals surface area contributed by atoms with Crippen molar-refractivity contribution in [3.8, 4) is 33.4 Å². The molecule has 9 rings (SSSR count). The van der Waals surface area contributed by atoms with Crippen LogP contribution >= 0.6 is 0 Å². The highest BCUT2D eigenvalue weighted by atomic mass is 15.1. The summed E-state index contributed by atoms with van der Waals surface area (Å²) in [6, 6.07) is 51.3. The molecule has 7 aromatic rings. The Morgan fingerprint density at radius 1 is 0.391 bits per heavy atom. The third-order valence-corrected chi connectivity index (χ3v) is 9.49. The predicted octanol–water partition coefficient (Wildman–Crippen LogP) is 11.5. The van der Waals surface area contributed by atoms with Crippen LogP contribution in [-0.4, -0.2) is 11.7 Å². The summed E-state index contributed by atoms with van der Waals surface area (Å²) in [5.74, 6) is 4.46. The van der Waals surface area contributed by atoms with E-state index in [9.17, 15) is 0 Å². The third kappa shape index (κ3) is 4.42. The van der Waals surface area contributed by atoms with Crippen molar-refractivity contribution in [2.45, 2.75) is 0 Å². The second-order valence-corrected chi connectivity index (χ2v) is 12.1. The van der Waals surface area contributed by atoms with Crippen LogP contribution in [0.15, 0.2) is 182 Å². The Morgan fingerprint density at radius 3 is 1.52 bits per heavy atom. The lowest BCUT2D eigenvalue weighted by Gasteiger charge is -2.31. The Balaban J connectivity index is 1.15. The molecule has 0 saturated carbocycles. The van der Waals surface area contributed by atoms with Gasteiger partial charge < -0.3 is 4.81 Å². The molecule has 7 aromatic carbocycles. The summed E-state index contributed by atoms with van der Waals surface area (Å²) in [6.07, 6.45) is 10.8. The smallest absolute Gasteiger partial charge is 0.312 e. The molecule has 0 atom stereocenters. The maximum atomic E-state index is 2.33. The molecular formula is C44H30BN. The maximum absolute atomic E-state index is 2.33. The molecule has 2 aliphatic rings. The van der Waals surface area contributed by atoms with E-state index in [2.05, 4.69) is 187 Å². The van der Waals surface area contributed by atoms with Gasteiger partial charge in [0.05, 0.1) is 0 Å². The van der Waals surface area contributed by atoms with Crippen LogP contribution in [0.2, 0.25) is 0 Å². The van der Waals surface area contributed by atoms with Crippen LogP contribution in [0.5, 0.6) is 0 Å². The van der Waals surface area contributed by atoms with Crippen molar-refractivity contribution in [3.63, 3.8) is 0 Å². The standard InChI is InChI=1S/C44H30BN/c1-2-11-36-30-37(26-19-31(36)10-1)32-17-22-34(23-18-32)43-38-12-3-5-14-40(38)44(41-15-6-4-13-39(41)43)35-24-20-33(21-25-35)42-16-9-28-45-27-7-8-29-46(42)45/h1-30H. The minimum absolute atomic E-state index is 0.270. The lowest BCUT2D eigenvalue weighted by Crippen LogP contribution is -2.33. The van der Waals surface area contributed by atoms with Crippen LogP contribution in [0.1, 0.15) is 5.56 Å². The minimum atomic E-state index is 0.270. The minimum Gasteiger partial charge on any atom is -0.383 e. The van der Waals surface area contributed by atoms with Crippen LogP contribution < -0.4 is 0 Å². The first-order chi connectivity index (χ1) is 22.8. The van der Waals surface area contributed by atoms with Gasteiger partial charge >= 0.3 is 6.85 Å². The highest BCUT2D eigenvalue weighted by Gasteiger charge is 2.23. The Labute approximate surface area is 269 Å². The molecule has 2 heteroatoms. The molecule has 0 N–H and O–H groups in total. The van der Waals surface area contributed by atoms with Crippen molar-refractivity contribution in [2.75, 3.05) is 0 Å². The van der Waals surface area contributed by atoms with Crippen molar-refractivity contribution < 1.29 is 0 Å². The first kappa shape index (κ1) is 26.5. The summed E-state index contributed by atoms with van der Waals surface area (Å²) in [6.45, 7) is 0.270. The first-order valence-corrected chi connectivity index (χ1v) is 16.0. The fraction of sp³-hybridized carbons (Fsp3) is 0. The van der Waals surface area contributed by atoms with Gasteiger partial charge in [-0.15, -0.1) is 0 Å². The number of allylic oxidation sites excluding steroid dienone is 4. The summed E-state index contributed by atoms with van der Waals surface area (Å²) in [5.41, 5.74) is 9.93. The maximum Gasteiger partial charge on any atom is 0.312 e. The molecule has 0 bridgehead atoms. The zero-order valence-electron chi connectivity index (χ0n) is 25.3. The second-order valence-electron chi connectivity index (χ2n) is 12.1. The van der Waals surface area contributed by atoms with Crippen LogP contribution in [0.4, 0.5) is 0 Å². The van der Waals surface area contributed by atoms with E-state index in [-0.39, 0.29) is 6.85 Å². The van der Waals surface area contributed by atoms with Crippen LogP contribution in [0.3, 0.4) is 0 Å². The lowest BCUT2D eigenvalue weighted by molar-refractivity contribution is 0.822. The van der Waals surface area contributed by atoms with Gasteiger partial charge in [0.1, 0.15) is 0 Å². The largest absolute Gasteiger partial charge is 0.383 e. The highest BCUT2D eigenvalue weighted by Crippen LogP contribution is 2.44. The van der Waals surface area contributed by atoms with Crippen LogP contribution in [0, 0.1) is 0 Å². The molecule has 46 heavy (non-hydrogen) atoms. The van der Waals surface area contributed by atoms with E-state index in [4.69, 9.17) is 0 Å². The van der Waals surface area contributed by atoms with Gasteiger partial charge in [0, 0.05) is 5.70 Å². The molecule has 0 amide bonds. The van der Waals surface area contributed by atoms with Gasteiger partial charge in [-0.05, 0) is 95.7 Å². The van der Waals surface area contributed by atoms with Gasteiger partial charge in [0.2, 0.25) is 0 Å². The molecule has 2 aliphatic heterocycles. The normalized spacial score (nSPS) is 13.9. The number of fused-ring (bicyclic) bond motifs is 4. The van der Waals surface area contributed by atoms with Crippen molar-refractivity contribution in [1.29, 1.82) is 0 Å². The zero-order valence-corrected chi connectivity index (χ0v) is 25.3. The monoisotopic (exact) mass is 583 g/mol. The second kappa shape index (κ2) is 10.9. The Kier molecular flexibility index (Phi) is 6.31. The third-order valence-electron chi connectivity index (χ3n) is 9.49. The predicted molar refractivity (Wildman–Crippen MR) is 198 cm³/mol. The SMILES string of the molecule is C1=CB2C=CC=C(c3ccc(-c4c5ccccc5c(-c5ccc(-c6ccc7ccccc7c6)cc5)c5ccccc45)cc3)N2C=C1.